The van der Waals surface area contributed by atoms with Crippen LogP contribution in [0.5, 0.6) is 0 Å². The van der Waals surface area contributed by atoms with Crippen LogP contribution in [0.4, 0.5) is 0 Å². The van der Waals surface area contributed by atoms with Crippen LogP contribution in [0.15, 0.2) is 0 Å². The Labute approximate surface area is 669 Å². The third kappa shape index (κ3) is 23.6. The second kappa shape index (κ2) is 43.5. The third-order valence-electron chi connectivity index (χ3n) is 20.6. The maximum absolute atomic E-state index is 13.2. The molecular weight excluding hydrogens is 1640 g/mol. The van der Waals surface area contributed by atoms with Gasteiger partial charge in [0.2, 0.25) is 29.5 Å². The number of nitrogens with one attached hydrogen (secondary N) is 5. The lowest BCUT2D eigenvalue weighted by Gasteiger charge is -2.51. The van der Waals surface area contributed by atoms with Gasteiger partial charge in [-0.3, -0.25) is 28.5 Å². The maximum Gasteiger partial charge on any atom is 0.397 e. The first kappa shape index (κ1) is 99.1. The number of aliphatic hydroxyl groups excluding tert-OH is 23. The molecule has 0 aromatic rings. The van der Waals surface area contributed by atoms with E-state index in [0.717, 1.165) is 34.6 Å². The van der Waals surface area contributed by atoms with Crippen LogP contribution < -0.4 is 26.6 Å². The third-order valence-corrected chi connectivity index (χ3v) is 21.0. The van der Waals surface area contributed by atoms with Gasteiger partial charge in [0.05, 0.1) is 71.6 Å². The Kier molecular flexibility index (Phi) is 36.5. The number of hydrogen-bond acceptors (Lipinski definition) is 47. The van der Waals surface area contributed by atoms with Crippen LogP contribution in [0.2, 0.25) is 0 Å². The van der Waals surface area contributed by atoms with Gasteiger partial charge >= 0.3 is 10.4 Å². The molecule has 0 bridgehead atoms. The Balaban J connectivity index is 1.16. The van der Waals surface area contributed by atoms with E-state index in [9.17, 15) is 154 Å². The fourth-order valence-electron chi connectivity index (χ4n) is 14.5. The normalized spacial score (nSPS) is 44.3. The van der Waals surface area contributed by atoms with E-state index in [2.05, 4.69) is 30.8 Å². The number of amides is 5. The van der Waals surface area contributed by atoms with E-state index in [1.54, 1.807) is 0 Å². The van der Waals surface area contributed by atoms with Crippen LogP contribution in [-0.4, -0.2) is 489 Å². The molecule has 8 fully saturated rings. The van der Waals surface area contributed by atoms with Crippen LogP contribution in [0, 0.1) is 0 Å². The van der Waals surface area contributed by atoms with Crippen LogP contribution in [-0.2, 0) is 114 Å². The lowest BCUT2D eigenvalue weighted by atomic mass is 9.94. The second-order valence-electron chi connectivity index (χ2n) is 29.2. The molecule has 684 valence electrons. The zero-order valence-electron chi connectivity index (χ0n) is 63.7. The van der Waals surface area contributed by atoms with Crippen LogP contribution >= 0.6 is 0 Å². The second-order valence-corrected chi connectivity index (χ2v) is 30.2. The standard InChI is InChI=1S/C64H109N5O48S/c1-16-35(83)45(93)48(96)61(103-16)101-14-23(82)50(36(84)22(7-70)65-17(2)77)111-58-32(67-19(4)79)43(91)52(28(12-75)107-58)113-62-49(97)54(40(88)30(110-62)15-102-63-55(46(94)38(86)25(9-72)105-63)115-57-31(66-18(3)78)41(89)37(85)24(8-71)104-57)114-64-56(47(95)39(87)26(10-73)106-64)116-60-33(68-20(5)80)42(90)51(27(11-74)108-60)112-59-34(69-21(6)81)44(92)53(29(13-76)109-59)117-118(98,99)100/h16,22-64,70-76,82-97H,7-15H2,1-6H3,(H,65,77)(H,66,78)(H,67,79)(H,68,80)(H,69,81)(H,98,99,100)/t16-,22-,23+,24+,25+,26+,27+,28+,29+,30+,31+,32+,33+,34+,35+,36+,37+,38+,39+,40+,41+,42+,43+,44+,45+,46-,47-,48-,49-,50+,51+,52+,53-,54-,55-,56-,57-,58-,59-,60-,61+,62-,63-,64+/m0/s1. The number of rotatable bonds is 35. The van der Waals surface area contributed by atoms with Crippen molar-refractivity contribution in [1.82, 2.24) is 26.6 Å². The van der Waals surface area contributed by atoms with Crippen molar-refractivity contribution in [1.29, 1.82) is 0 Å². The lowest BCUT2D eigenvalue weighted by Crippen LogP contribution is -2.71. The van der Waals surface area contributed by atoms with Crippen LogP contribution in [0.1, 0.15) is 41.5 Å². The van der Waals surface area contributed by atoms with Crippen molar-refractivity contribution in [2.75, 3.05) is 59.5 Å². The van der Waals surface area contributed by atoms with E-state index in [4.69, 9.17) is 75.8 Å². The monoisotopic (exact) mass is 1750 g/mol. The first-order chi connectivity index (χ1) is 55.5. The molecule has 8 saturated heterocycles. The molecule has 0 spiro atoms. The maximum atomic E-state index is 13.2. The summed E-state index contributed by atoms with van der Waals surface area (Å²) in [5, 5.41) is 270. The smallest absolute Gasteiger partial charge is 0.394 e. The molecule has 0 aromatic carbocycles. The number of hydrogen-bond donors (Lipinski definition) is 29. The molecule has 5 amide bonds. The van der Waals surface area contributed by atoms with Crippen molar-refractivity contribution in [3.8, 4) is 0 Å². The molecule has 0 radical (unpaired) electrons. The molecule has 8 aliphatic heterocycles. The summed E-state index contributed by atoms with van der Waals surface area (Å²) in [5.74, 6) is -4.75. The Morgan fingerprint density at radius 3 is 1.18 bits per heavy atom. The fraction of sp³-hybridized carbons (Fsp3) is 0.922. The molecule has 8 aliphatic rings. The van der Waals surface area contributed by atoms with Gasteiger partial charge in [-0.25, -0.2) is 4.18 Å². The number of carbonyl (C=O) groups excluding carboxylic acids is 5. The average Bonchev–Trinajstić information content (AvgIpc) is 0.770. The van der Waals surface area contributed by atoms with Crippen molar-refractivity contribution in [2.24, 2.45) is 0 Å². The predicted octanol–water partition coefficient (Wildman–Crippen LogP) is -19.4. The highest BCUT2D eigenvalue weighted by molar-refractivity contribution is 7.80. The van der Waals surface area contributed by atoms with E-state index in [0.29, 0.717) is 0 Å². The van der Waals surface area contributed by atoms with Gasteiger partial charge in [0, 0.05) is 34.6 Å². The minimum atomic E-state index is -5.44. The quantitative estimate of drug-likeness (QED) is 0.0262. The summed E-state index contributed by atoms with van der Waals surface area (Å²) in [5.41, 5.74) is 0. The first-order valence-corrected chi connectivity index (χ1v) is 38.4. The summed E-state index contributed by atoms with van der Waals surface area (Å²) in [6.07, 6.45) is -83.4. The van der Waals surface area contributed by atoms with E-state index in [-0.39, 0.29) is 0 Å². The molecule has 8 rings (SSSR count). The molecular formula is C64H109N5O48S. The largest absolute Gasteiger partial charge is 0.397 e. The summed E-state index contributed by atoms with van der Waals surface area (Å²) < 4.78 is 133. The van der Waals surface area contributed by atoms with Gasteiger partial charge in [-0.15, -0.1) is 0 Å². The predicted molar refractivity (Wildman–Crippen MR) is 366 cm³/mol. The van der Waals surface area contributed by atoms with Crippen molar-refractivity contribution in [3.05, 3.63) is 0 Å². The van der Waals surface area contributed by atoms with Crippen molar-refractivity contribution >= 4 is 39.9 Å². The lowest BCUT2D eigenvalue weighted by molar-refractivity contribution is -0.397. The number of carbonyl (C=O) groups is 5. The minimum absolute atomic E-state index is 0.865. The Morgan fingerprint density at radius 1 is 0.356 bits per heavy atom. The summed E-state index contributed by atoms with van der Waals surface area (Å²) in [7, 11) is -5.44. The molecule has 53 nitrogen and oxygen atoms in total. The minimum Gasteiger partial charge on any atom is -0.394 e. The van der Waals surface area contributed by atoms with Crippen molar-refractivity contribution in [3.63, 3.8) is 0 Å². The molecule has 118 heavy (non-hydrogen) atoms. The number of aliphatic hydroxyl groups is 23. The molecule has 54 heteroatoms. The van der Waals surface area contributed by atoms with Gasteiger partial charge in [0.25, 0.3) is 0 Å². The van der Waals surface area contributed by atoms with Gasteiger partial charge in [-0.1, -0.05) is 0 Å². The summed E-state index contributed by atoms with van der Waals surface area (Å²) >= 11 is 0. The van der Waals surface area contributed by atoms with Crippen LogP contribution in [0.25, 0.3) is 0 Å². The highest BCUT2D eigenvalue weighted by Gasteiger charge is 2.61. The van der Waals surface area contributed by atoms with Crippen molar-refractivity contribution < 1.29 is 234 Å². The van der Waals surface area contributed by atoms with E-state index in [1.165, 1.54) is 6.92 Å². The highest BCUT2D eigenvalue weighted by atomic mass is 32.3. The van der Waals surface area contributed by atoms with Gasteiger partial charge in [0.1, 0.15) is 207 Å². The van der Waals surface area contributed by atoms with E-state index < -0.39 is 369 Å². The molecule has 44 atom stereocenters. The van der Waals surface area contributed by atoms with Gasteiger partial charge in [-0.05, 0) is 6.92 Å². The summed E-state index contributed by atoms with van der Waals surface area (Å²) in [6, 6.07) is -9.60. The average molecular weight is 1750 g/mol. The van der Waals surface area contributed by atoms with Gasteiger partial charge < -0.3 is 220 Å². The zero-order chi connectivity index (χ0) is 87.7. The fourth-order valence-corrected chi connectivity index (χ4v) is 15.1. The molecule has 8 heterocycles. The van der Waals surface area contributed by atoms with Gasteiger partial charge in [0.15, 0.2) is 50.3 Å². The Morgan fingerprint density at radius 2 is 0.729 bits per heavy atom. The van der Waals surface area contributed by atoms with E-state index in [1.807, 2.05) is 0 Å². The van der Waals surface area contributed by atoms with Crippen molar-refractivity contribution in [2.45, 2.75) is 311 Å². The molecule has 0 saturated carbocycles. The molecule has 29 N–H and O–H groups in total. The molecule has 0 aliphatic carbocycles. The molecule has 0 aromatic heterocycles. The number of ether oxygens (including phenoxy) is 16. The van der Waals surface area contributed by atoms with Crippen LogP contribution in [0.3, 0.4) is 0 Å². The van der Waals surface area contributed by atoms with Gasteiger partial charge in [-0.2, -0.15) is 8.42 Å². The Bertz CT molecular complexity index is 3310. The first-order valence-electron chi connectivity index (χ1n) is 37.0. The summed E-state index contributed by atoms with van der Waals surface area (Å²) in [6.45, 7) is -4.54. The molecule has 0 unspecified atom stereocenters. The summed E-state index contributed by atoms with van der Waals surface area (Å²) in [4.78, 5) is 63.6. The zero-order valence-corrected chi connectivity index (χ0v) is 64.5. The SMILES string of the molecule is CC(=O)N[C@H]1[C@H](O[C@H]2[C@H](O)[C@@H](NC(C)=O)[C@H](O[C@@H]3[C@@H](O[C@@H]4[C@H](O)[C@H](O[C@H]5[C@H](O)[C@@H](NC(C)=O)[C@H](O[C@@H]([C@H](O)[C@H](CO)NC(C)=O)[C@H](O)CO[C@@H]6O[C@@H](C)[C@@H](O)[C@@H](O)[C@@H]6O)O[C@@H]5CO)O[C@H](CO[C@H]5O[C@H](CO)[C@@H](O)[C@H](O)[C@@H]5O[C@@H]5O[C@H](CO)[C@@H](O)[C@H](O)[C@H]5NC(C)=O)[C@H]4O)O[C@H](CO)[C@@H](O)[C@@H]3O)O[C@@H]2CO)O[C@H](CO)[C@H](OS(=O)(=O)O)[C@@H]1O. The highest BCUT2D eigenvalue weighted by Crippen LogP contribution is 2.39. The Hall–Kier alpha value is -4.34. The topological polar surface area (TPSA) is 822 Å². The van der Waals surface area contributed by atoms with E-state index >= 15 is 0 Å².